The van der Waals surface area contributed by atoms with Crippen LogP contribution >= 0.6 is 0 Å². The molecule has 0 aliphatic carbocycles. The Morgan fingerprint density at radius 2 is 2.11 bits per heavy atom. The van der Waals surface area contributed by atoms with Gasteiger partial charge in [0.25, 0.3) is 0 Å². The maximum absolute atomic E-state index is 11.9. The summed E-state index contributed by atoms with van der Waals surface area (Å²) < 4.78 is 4.92. The molecule has 0 spiro atoms. The first-order valence-electron chi connectivity index (χ1n) is 6.38. The highest BCUT2D eigenvalue weighted by Gasteiger charge is 2.33. The highest BCUT2D eigenvalue weighted by atomic mass is 16.5. The van der Waals surface area contributed by atoms with Gasteiger partial charge in [0.15, 0.2) is 5.96 Å². The Morgan fingerprint density at radius 1 is 1.37 bits per heavy atom. The van der Waals surface area contributed by atoms with Crippen molar-refractivity contribution < 1.29 is 9.53 Å². The first-order valence-corrected chi connectivity index (χ1v) is 6.38. The van der Waals surface area contributed by atoms with E-state index in [2.05, 4.69) is 15.6 Å². The Labute approximate surface area is 113 Å². The second-order valence-electron chi connectivity index (χ2n) is 4.53. The maximum Gasteiger partial charge on any atom is 0.249 e. The molecular weight excluding hydrogens is 242 g/mol. The Balaban J connectivity index is 2.02. The molecule has 1 fully saturated rings. The van der Waals surface area contributed by atoms with Crippen LogP contribution in [-0.2, 0) is 9.53 Å². The fourth-order valence-electron chi connectivity index (χ4n) is 2.08. The Morgan fingerprint density at radius 3 is 2.79 bits per heavy atom. The minimum Gasteiger partial charge on any atom is -0.383 e. The zero-order valence-electron chi connectivity index (χ0n) is 11.2. The number of carbonyl (C=O) groups is 1. The molecule has 1 heterocycles. The number of hydrogen-bond acceptors (Lipinski definition) is 3. The molecule has 5 heteroatoms. The van der Waals surface area contributed by atoms with Gasteiger partial charge < -0.3 is 10.1 Å². The third-order valence-corrected chi connectivity index (χ3v) is 3.21. The van der Waals surface area contributed by atoms with Crippen LogP contribution in [0.2, 0.25) is 0 Å². The van der Waals surface area contributed by atoms with Crippen molar-refractivity contribution in [3.63, 3.8) is 0 Å². The number of carbonyl (C=O) groups excluding carboxylic acids is 1. The average molecular weight is 261 g/mol. The van der Waals surface area contributed by atoms with E-state index in [1.807, 2.05) is 37.3 Å². The Hall–Kier alpha value is -1.88. The van der Waals surface area contributed by atoms with Gasteiger partial charge in [-0.25, -0.2) is 0 Å². The monoisotopic (exact) mass is 261 g/mol. The van der Waals surface area contributed by atoms with Gasteiger partial charge >= 0.3 is 0 Å². The van der Waals surface area contributed by atoms with Crippen molar-refractivity contribution >= 4 is 11.9 Å². The lowest BCUT2D eigenvalue weighted by Gasteiger charge is -2.17. The molecule has 2 unspecified atom stereocenters. The predicted octanol–water partition coefficient (Wildman–Crippen LogP) is 0.880. The Bertz CT molecular complexity index is 459. The van der Waals surface area contributed by atoms with Crippen LogP contribution in [0.4, 0.5) is 0 Å². The first-order chi connectivity index (χ1) is 9.22. The number of rotatable bonds is 5. The molecule has 2 atom stereocenters. The van der Waals surface area contributed by atoms with Gasteiger partial charge in [0.05, 0.1) is 13.2 Å². The van der Waals surface area contributed by atoms with Crippen LogP contribution in [0.5, 0.6) is 0 Å². The summed E-state index contributed by atoms with van der Waals surface area (Å²) in [6.07, 6.45) is 0. The van der Waals surface area contributed by atoms with Crippen molar-refractivity contribution in [3.05, 3.63) is 35.9 Å². The molecule has 0 saturated carbocycles. The highest BCUT2D eigenvalue weighted by molar-refractivity contribution is 6.06. The van der Waals surface area contributed by atoms with E-state index in [9.17, 15) is 4.79 Å². The van der Waals surface area contributed by atoms with Gasteiger partial charge in [0.2, 0.25) is 5.91 Å². The maximum atomic E-state index is 11.9. The van der Waals surface area contributed by atoms with E-state index in [0.29, 0.717) is 19.1 Å². The van der Waals surface area contributed by atoms with Gasteiger partial charge in [-0.2, -0.15) is 0 Å². The van der Waals surface area contributed by atoms with Crippen molar-refractivity contribution in [1.82, 2.24) is 10.6 Å². The molecule has 5 nitrogen and oxygen atoms in total. The molecule has 0 bridgehead atoms. The molecule has 1 aromatic carbocycles. The van der Waals surface area contributed by atoms with Crippen molar-refractivity contribution in [2.75, 3.05) is 20.3 Å². The van der Waals surface area contributed by atoms with Crippen LogP contribution in [0.1, 0.15) is 18.4 Å². The minimum atomic E-state index is -0.274. The van der Waals surface area contributed by atoms with Crippen LogP contribution in [0.15, 0.2) is 35.3 Å². The first kappa shape index (κ1) is 13.5. The molecule has 102 valence electrons. The van der Waals surface area contributed by atoms with E-state index in [1.165, 1.54) is 0 Å². The summed E-state index contributed by atoms with van der Waals surface area (Å²) in [5, 5.41) is 5.89. The molecule has 0 radical (unpaired) electrons. The Kier molecular flexibility index (Phi) is 4.52. The molecule has 19 heavy (non-hydrogen) atoms. The summed E-state index contributed by atoms with van der Waals surface area (Å²) in [5.41, 5.74) is 1.13. The van der Waals surface area contributed by atoms with Crippen LogP contribution in [0.3, 0.4) is 0 Å². The zero-order chi connectivity index (χ0) is 13.7. The molecule has 2 rings (SSSR count). The van der Waals surface area contributed by atoms with Gasteiger partial charge in [0, 0.05) is 13.0 Å². The summed E-state index contributed by atoms with van der Waals surface area (Å²) in [7, 11) is 1.63. The van der Waals surface area contributed by atoms with Gasteiger partial charge in [0.1, 0.15) is 6.04 Å². The quantitative estimate of drug-likeness (QED) is 0.773. The number of ether oxygens (including phenoxy) is 1. The normalized spacial score (nSPS) is 22.1. The number of nitrogens with zero attached hydrogens (tertiary/aromatic N) is 1. The molecule has 0 aromatic heterocycles. The smallest absolute Gasteiger partial charge is 0.249 e. The molecule has 1 aliphatic heterocycles. The van der Waals surface area contributed by atoms with E-state index in [0.717, 1.165) is 5.56 Å². The van der Waals surface area contributed by atoms with Gasteiger partial charge in [-0.05, 0) is 5.56 Å². The molecule has 2 N–H and O–H groups in total. The number of benzene rings is 1. The number of methoxy groups -OCH3 is 1. The van der Waals surface area contributed by atoms with Crippen molar-refractivity contribution in [1.29, 1.82) is 0 Å². The second kappa shape index (κ2) is 6.33. The van der Waals surface area contributed by atoms with Gasteiger partial charge in [-0.3, -0.25) is 15.1 Å². The summed E-state index contributed by atoms with van der Waals surface area (Å²) in [4.78, 5) is 16.2. The van der Waals surface area contributed by atoms with Crippen LogP contribution in [-0.4, -0.2) is 38.2 Å². The lowest BCUT2D eigenvalue weighted by molar-refractivity contribution is -0.120. The van der Waals surface area contributed by atoms with Crippen molar-refractivity contribution in [2.45, 2.75) is 18.9 Å². The van der Waals surface area contributed by atoms with E-state index in [1.54, 1.807) is 7.11 Å². The molecule has 1 amide bonds. The predicted molar refractivity (Wildman–Crippen MR) is 74.1 cm³/mol. The van der Waals surface area contributed by atoms with Crippen LogP contribution in [0, 0.1) is 0 Å². The summed E-state index contributed by atoms with van der Waals surface area (Å²) in [6, 6.07) is 9.71. The lowest BCUT2D eigenvalue weighted by Crippen LogP contribution is -2.34. The SMILES string of the molecule is COCCN=C1NC(=O)C(C(C)c2ccccc2)N1. The average Bonchev–Trinajstić information content (AvgIpc) is 2.80. The minimum absolute atomic E-state index is 0.0347. The fourth-order valence-corrected chi connectivity index (χ4v) is 2.08. The van der Waals surface area contributed by atoms with E-state index in [-0.39, 0.29) is 17.9 Å². The highest BCUT2D eigenvalue weighted by Crippen LogP contribution is 2.20. The fraction of sp³-hybridized carbons (Fsp3) is 0.429. The summed E-state index contributed by atoms with van der Waals surface area (Å²) >= 11 is 0. The van der Waals surface area contributed by atoms with Crippen LogP contribution in [0.25, 0.3) is 0 Å². The molecule has 1 saturated heterocycles. The third-order valence-electron chi connectivity index (χ3n) is 3.21. The van der Waals surface area contributed by atoms with Crippen molar-refractivity contribution in [3.8, 4) is 0 Å². The van der Waals surface area contributed by atoms with E-state index in [4.69, 9.17) is 4.74 Å². The van der Waals surface area contributed by atoms with Gasteiger partial charge in [-0.15, -0.1) is 0 Å². The summed E-state index contributed by atoms with van der Waals surface area (Å²) in [5.74, 6) is 0.596. The second-order valence-corrected chi connectivity index (χ2v) is 4.53. The third kappa shape index (κ3) is 3.32. The lowest BCUT2D eigenvalue weighted by atomic mass is 9.93. The molecule has 1 aliphatic rings. The van der Waals surface area contributed by atoms with Crippen molar-refractivity contribution in [2.24, 2.45) is 4.99 Å². The van der Waals surface area contributed by atoms with E-state index < -0.39 is 0 Å². The van der Waals surface area contributed by atoms with Crippen LogP contribution < -0.4 is 10.6 Å². The topological polar surface area (TPSA) is 62.7 Å². The summed E-state index contributed by atoms with van der Waals surface area (Å²) in [6.45, 7) is 3.11. The van der Waals surface area contributed by atoms with E-state index >= 15 is 0 Å². The number of guanidine groups is 1. The number of nitrogens with one attached hydrogen (secondary N) is 2. The largest absolute Gasteiger partial charge is 0.383 e. The number of aliphatic imine (C=N–C) groups is 1. The zero-order valence-corrected chi connectivity index (χ0v) is 11.2. The number of amides is 1. The van der Waals surface area contributed by atoms with Gasteiger partial charge in [-0.1, -0.05) is 37.3 Å². The number of hydrogen-bond donors (Lipinski definition) is 2. The standard InChI is InChI=1S/C14H19N3O2/c1-10(11-6-4-3-5-7-11)12-13(18)17-14(16-12)15-8-9-19-2/h3-7,10,12H,8-9H2,1-2H3,(H2,15,16,17,18). The molecule has 1 aromatic rings. The molecular formula is C14H19N3O2.